The number of tetrazole rings is 1. The number of pyridine rings is 1. The Bertz CT molecular complexity index is 1260. The van der Waals surface area contributed by atoms with Crippen molar-refractivity contribution in [3.8, 4) is 0 Å². The highest BCUT2D eigenvalue weighted by Gasteiger charge is 2.20. The number of nitrogens with zero attached hydrogens (tertiary/aromatic N) is 8. The fraction of sp³-hybridized carbons (Fsp3) is 0.391. The molecule has 8 nitrogen and oxygen atoms in total. The van der Waals surface area contributed by atoms with Gasteiger partial charge in [-0.1, -0.05) is 5.10 Å². The smallest absolute Gasteiger partial charge is 0.266 e. The molecule has 0 saturated carbocycles. The van der Waals surface area contributed by atoms with Gasteiger partial charge in [-0.2, -0.15) is 4.80 Å². The van der Waals surface area contributed by atoms with Gasteiger partial charge in [0.25, 0.3) is 5.95 Å². The zero-order valence-corrected chi connectivity index (χ0v) is 19.5. The molecule has 10 heteroatoms. The normalized spacial score (nSPS) is 11.4. The number of halogens is 2. The molecule has 0 saturated heterocycles. The van der Waals surface area contributed by atoms with Crippen molar-refractivity contribution >= 4 is 22.8 Å². The first-order chi connectivity index (χ1) is 15.8. The largest absolute Gasteiger partial charge is 0.360 e. The number of fused-ring (bicyclic) bond motifs is 1. The molecule has 0 radical (unpaired) electrons. The number of aromatic nitrogens is 6. The number of hydrogen-bond acceptors (Lipinski definition) is 6. The van der Waals surface area contributed by atoms with E-state index in [-0.39, 0.29) is 6.54 Å². The first-order valence-electron chi connectivity index (χ1n) is 10.9. The van der Waals surface area contributed by atoms with Crippen LogP contribution in [0.4, 0.5) is 20.5 Å². The Morgan fingerprint density at radius 3 is 2.33 bits per heavy atom. The Morgan fingerprint density at radius 2 is 1.73 bits per heavy atom. The highest BCUT2D eigenvalue weighted by molar-refractivity contribution is 5.81. The van der Waals surface area contributed by atoms with E-state index >= 15 is 0 Å². The lowest BCUT2D eigenvalue weighted by atomic mass is 10.1. The molecule has 1 aromatic carbocycles. The highest BCUT2D eigenvalue weighted by Crippen LogP contribution is 2.28. The van der Waals surface area contributed by atoms with Gasteiger partial charge >= 0.3 is 0 Å². The van der Waals surface area contributed by atoms with E-state index in [0.717, 1.165) is 47.3 Å². The van der Waals surface area contributed by atoms with Crippen molar-refractivity contribution in [1.82, 2.24) is 29.8 Å². The molecule has 3 aromatic heterocycles. The number of hydrogen-bond donors (Lipinski definition) is 0. The molecular formula is C23H28F2N8. The molecule has 174 valence electrons. The third-order valence-electron chi connectivity index (χ3n) is 5.72. The molecule has 0 aliphatic rings. The lowest BCUT2D eigenvalue weighted by Crippen LogP contribution is -2.27. The third-order valence-corrected chi connectivity index (χ3v) is 5.72. The number of rotatable bonds is 8. The predicted octanol–water partition coefficient (Wildman–Crippen LogP) is 3.83. The topological polar surface area (TPSA) is 67.9 Å². The molecule has 0 bridgehead atoms. The molecule has 0 spiro atoms. The van der Waals surface area contributed by atoms with Crippen molar-refractivity contribution < 1.29 is 8.78 Å². The van der Waals surface area contributed by atoms with Crippen molar-refractivity contribution in [3.05, 3.63) is 58.8 Å². The summed E-state index contributed by atoms with van der Waals surface area (Å²) in [5.74, 6) is -0.0300. The Labute approximate surface area is 191 Å². The van der Waals surface area contributed by atoms with E-state index < -0.39 is 11.6 Å². The first kappa shape index (κ1) is 22.6. The Kier molecular flexibility index (Phi) is 6.26. The summed E-state index contributed by atoms with van der Waals surface area (Å²) in [6.07, 6.45) is 0. The maximum absolute atomic E-state index is 13.9. The van der Waals surface area contributed by atoms with Crippen LogP contribution in [0.3, 0.4) is 0 Å². The fourth-order valence-electron chi connectivity index (χ4n) is 4.07. The van der Waals surface area contributed by atoms with Crippen molar-refractivity contribution in [2.75, 3.05) is 23.4 Å². The molecule has 0 amide bonds. The summed E-state index contributed by atoms with van der Waals surface area (Å²) in [6, 6.07) is 7.74. The van der Waals surface area contributed by atoms with Crippen molar-refractivity contribution in [2.45, 2.75) is 40.4 Å². The second kappa shape index (κ2) is 9.13. The van der Waals surface area contributed by atoms with Gasteiger partial charge in [-0.3, -0.25) is 0 Å². The van der Waals surface area contributed by atoms with Gasteiger partial charge in [0.1, 0.15) is 23.1 Å². The van der Waals surface area contributed by atoms with Crippen LogP contribution in [-0.2, 0) is 26.7 Å². The van der Waals surface area contributed by atoms with E-state index in [0.29, 0.717) is 18.1 Å². The summed E-state index contributed by atoms with van der Waals surface area (Å²) >= 11 is 0. The maximum atomic E-state index is 13.9. The zero-order valence-electron chi connectivity index (χ0n) is 19.5. The minimum atomic E-state index is -0.622. The lowest BCUT2D eigenvalue weighted by Gasteiger charge is -2.25. The second-order valence-electron chi connectivity index (χ2n) is 8.14. The van der Waals surface area contributed by atoms with Gasteiger partial charge < -0.3 is 14.4 Å². The monoisotopic (exact) mass is 454 g/mol. The average molecular weight is 455 g/mol. The van der Waals surface area contributed by atoms with Crippen LogP contribution in [0.5, 0.6) is 0 Å². The number of benzene rings is 1. The van der Waals surface area contributed by atoms with Gasteiger partial charge in [0.15, 0.2) is 0 Å². The van der Waals surface area contributed by atoms with Crippen LogP contribution in [0.1, 0.15) is 30.7 Å². The minimum Gasteiger partial charge on any atom is -0.360 e. The van der Waals surface area contributed by atoms with Crippen LogP contribution in [0.2, 0.25) is 0 Å². The SMILES string of the molecule is CCN(C)c1nc2c(cc1CN(Cc1cc(F)cc(F)c1)c1nnn(C)n1)cc(C)n2CC. The van der Waals surface area contributed by atoms with Crippen LogP contribution in [0.15, 0.2) is 30.3 Å². The molecular weight excluding hydrogens is 426 g/mol. The summed E-state index contributed by atoms with van der Waals surface area (Å²) in [7, 11) is 3.67. The van der Waals surface area contributed by atoms with Crippen LogP contribution in [-0.4, -0.2) is 43.4 Å². The average Bonchev–Trinajstić information content (AvgIpc) is 3.33. The van der Waals surface area contributed by atoms with Crippen LogP contribution < -0.4 is 9.80 Å². The zero-order chi connectivity index (χ0) is 23.7. The first-order valence-corrected chi connectivity index (χ1v) is 10.9. The van der Waals surface area contributed by atoms with Gasteiger partial charge in [-0.15, -0.1) is 5.10 Å². The molecule has 3 heterocycles. The quantitative estimate of drug-likeness (QED) is 0.403. The van der Waals surface area contributed by atoms with E-state index in [1.54, 1.807) is 7.05 Å². The van der Waals surface area contributed by atoms with E-state index in [1.807, 2.05) is 11.9 Å². The maximum Gasteiger partial charge on any atom is 0.266 e. The summed E-state index contributed by atoms with van der Waals surface area (Å²) in [6.45, 7) is 8.45. The van der Waals surface area contributed by atoms with Gasteiger partial charge in [-0.25, -0.2) is 13.8 Å². The van der Waals surface area contributed by atoms with E-state index in [4.69, 9.17) is 4.98 Å². The molecule has 0 N–H and O–H groups in total. The minimum absolute atomic E-state index is 0.211. The summed E-state index contributed by atoms with van der Waals surface area (Å²) in [5, 5.41) is 13.5. The molecule has 0 aliphatic heterocycles. The third kappa shape index (κ3) is 4.64. The molecule has 0 atom stereocenters. The molecule has 4 aromatic rings. The predicted molar refractivity (Wildman–Crippen MR) is 124 cm³/mol. The second-order valence-corrected chi connectivity index (χ2v) is 8.14. The highest BCUT2D eigenvalue weighted by atomic mass is 19.1. The van der Waals surface area contributed by atoms with Crippen molar-refractivity contribution in [1.29, 1.82) is 0 Å². The van der Waals surface area contributed by atoms with E-state index in [2.05, 4.69) is 57.8 Å². The lowest BCUT2D eigenvalue weighted by molar-refractivity contribution is 0.578. The standard InChI is InChI=1S/C23H28F2N8/c1-6-30(4)21-18(11-17-8-15(3)33(7-2)22(17)26-21)14-32(23-27-29-31(5)28-23)13-16-9-19(24)12-20(25)10-16/h8-12H,6-7,13-14H2,1-5H3. The molecule has 0 fully saturated rings. The molecule has 0 aliphatic carbocycles. The summed E-state index contributed by atoms with van der Waals surface area (Å²) in [5.41, 5.74) is 3.52. The van der Waals surface area contributed by atoms with Crippen LogP contribution >= 0.6 is 0 Å². The Balaban J connectivity index is 1.79. The fourth-order valence-corrected chi connectivity index (χ4v) is 4.07. The molecule has 4 rings (SSSR count). The van der Waals surface area contributed by atoms with Crippen LogP contribution in [0.25, 0.3) is 11.0 Å². The van der Waals surface area contributed by atoms with Gasteiger partial charge in [-0.05, 0) is 55.8 Å². The van der Waals surface area contributed by atoms with Gasteiger partial charge in [0.05, 0.1) is 7.05 Å². The van der Waals surface area contributed by atoms with E-state index in [1.165, 1.54) is 16.9 Å². The van der Waals surface area contributed by atoms with Gasteiger partial charge in [0, 0.05) is 55.9 Å². The molecule has 0 unspecified atom stereocenters. The Morgan fingerprint density at radius 1 is 1.00 bits per heavy atom. The van der Waals surface area contributed by atoms with E-state index in [9.17, 15) is 8.78 Å². The summed E-state index contributed by atoms with van der Waals surface area (Å²) < 4.78 is 29.9. The van der Waals surface area contributed by atoms with Crippen molar-refractivity contribution in [2.24, 2.45) is 7.05 Å². The van der Waals surface area contributed by atoms with Crippen molar-refractivity contribution in [3.63, 3.8) is 0 Å². The van der Waals surface area contributed by atoms with Crippen LogP contribution in [0, 0.1) is 18.6 Å². The van der Waals surface area contributed by atoms with Gasteiger partial charge in [0.2, 0.25) is 0 Å². The molecule has 33 heavy (non-hydrogen) atoms. The number of aryl methyl sites for hydroxylation is 3. The summed E-state index contributed by atoms with van der Waals surface area (Å²) in [4.78, 5) is 10.3. The number of anilines is 2. The Hall–Kier alpha value is -3.56.